The van der Waals surface area contributed by atoms with Gasteiger partial charge in [-0.05, 0) is 23.6 Å². The topological polar surface area (TPSA) is 45.5 Å². The highest BCUT2D eigenvalue weighted by molar-refractivity contribution is 14.0. The second kappa shape index (κ2) is 10.7. The third-order valence-electron chi connectivity index (χ3n) is 3.61. The first kappa shape index (κ1) is 21.0. The molecule has 0 aliphatic heterocycles. The molecule has 1 aromatic heterocycles. The summed E-state index contributed by atoms with van der Waals surface area (Å²) in [5.41, 5.74) is 1.24. The quantitative estimate of drug-likeness (QED) is 0.370. The van der Waals surface area contributed by atoms with Crippen LogP contribution in [0.2, 0.25) is 0 Å². The van der Waals surface area contributed by atoms with Gasteiger partial charge in [0.15, 0.2) is 5.96 Å². The Labute approximate surface area is 169 Å². The van der Waals surface area contributed by atoms with E-state index in [0.717, 1.165) is 30.1 Å². The fourth-order valence-corrected chi connectivity index (χ4v) is 2.81. The maximum absolute atomic E-state index is 4.38. The zero-order chi connectivity index (χ0) is 16.7. The van der Waals surface area contributed by atoms with Crippen LogP contribution in [0, 0.1) is 5.92 Å². The van der Waals surface area contributed by atoms with Crippen molar-refractivity contribution in [2.75, 3.05) is 20.6 Å². The van der Waals surface area contributed by atoms with Crippen LogP contribution in [0.4, 0.5) is 0 Å². The van der Waals surface area contributed by atoms with Crippen molar-refractivity contribution in [3.63, 3.8) is 0 Å². The number of guanidine groups is 1. The number of aliphatic imine (C=N–C) groups is 1. The van der Waals surface area contributed by atoms with Crippen molar-refractivity contribution in [2.24, 2.45) is 10.9 Å². The molecular weight excluding hydrogens is 481 g/mol. The van der Waals surface area contributed by atoms with Gasteiger partial charge in [0, 0.05) is 50.6 Å². The van der Waals surface area contributed by atoms with Gasteiger partial charge >= 0.3 is 0 Å². The van der Waals surface area contributed by atoms with Gasteiger partial charge in [-0.2, -0.15) is 5.10 Å². The Balaban J connectivity index is 0.00000288. The Morgan fingerprint density at radius 1 is 1.38 bits per heavy atom. The van der Waals surface area contributed by atoms with Crippen LogP contribution in [-0.4, -0.2) is 41.3 Å². The number of benzene rings is 1. The van der Waals surface area contributed by atoms with Crippen LogP contribution < -0.4 is 5.32 Å². The SMILES string of the molecule is CN=C(NCC(C)Cn1cccn1)N(C)Cc1ccccc1Br.I. The van der Waals surface area contributed by atoms with Crippen molar-refractivity contribution in [1.29, 1.82) is 0 Å². The van der Waals surface area contributed by atoms with Gasteiger partial charge in [-0.1, -0.05) is 41.1 Å². The van der Waals surface area contributed by atoms with E-state index in [1.807, 2.05) is 43.3 Å². The first-order chi connectivity index (χ1) is 11.1. The average Bonchev–Trinajstić information content (AvgIpc) is 3.03. The lowest BCUT2D eigenvalue weighted by Crippen LogP contribution is -2.40. The summed E-state index contributed by atoms with van der Waals surface area (Å²) < 4.78 is 3.08. The number of nitrogens with zero attached hydrogens (tertiary/aromatic N) is 4. The molecule has 1 N–H and O–H groups in total. The summed E-state index contributed by atoms with van der Waals surface area (Å²) in [7, 11) is 3.87. The molecule has 0 radical (unpaired) electrons. The molecule has 1 heterocycles. The highest BCUT2D eigenvalue weighted by Crippen LogP contribution is 2.17. The summed E-state index contributed by atoms with van der Waals surface area (Å²) in [5, 5.41) is 7.69. The molecule has 0 amide bonds. The lowest BCUT2D eigenvalue weighted by Gasteiger charge is -2.24. The lowest BCUT2D eigenvalue weighted by atomic mass is 10.2. The third-order valence-corrected chi connectivity index (χ3v) is 4.38. The van der Waals surface area contributed by atoms with Crippen LogP contribution in [0.1, 0.15) is 12.5 Å². The Hall–Kier alpha value is -1.09. The number of hydrogen-bond acceptors (Lipinski definition) is 2. The van der Waals surface area contributed by atoms with Crippen molar-refractivity contribution in [2.45, 2.75) is 20.0 Å². The minimum absolute atomic E-state index is 0. The largest absolute Gasteiger partial charge is 0.356 e. The van der Waals surface area contributed by atoms with Crippen molar-refractivity contribution < 1.29 is 0 Å². The second-order valence-corrected chi connectivity index (χ2v) is 6.56. The predicted octanol–water partition coefficient (Wildman–Crippen LogP) is 3.61. The molecule has 0 aliphatic carbocycles. The zero-order valence-corrected chi connectivity index (χ0v) is 18.2. The van der Waals surface area contributed by atoms with Crippen LogP contribution >= 0.6 is 39.9 Å². The number of nitrogens with one attached hydrogen (secondary N) is 1. The second-order valence-electron chi connectivity index (χ2n) is 5.71. The Morgan fingerprint density at radius 2 is 2.12 bits per heavy atom. The number of rotatable bonds is 6. The molecule has 5 nitrogen and oxygen atoms in total. The maximum Gasteiger partial charge on any atom is 0.193 e. The van der Waals surface area contributed by atoms with Gasteiger partial charge < -0.3 is 10.2 Å². The minimum atomic E-state index is 0. The Kier molecular flexibility index (Phi) is 9.35. The molecule has 1 atom stereocenters. The van der Waals surface area contributed by atoms with Crippen LogP contribution in [0.3, 0.4) is 0 Å². The van der Waals surface area contributed by atoms with E-state index in [2.05, 4.69) is 61.4 Å². The molecular formula is C17H25BrIN5. The molecule has 24 heavy (non-hydrogen) atoms. The van der Waals surface area contributed by atoms with Crippen molar-refractivity contribution in [3.8, 4) is 0 Å². The summed E-state index contributed by atoms with van der Waals surface area (Å²) in [6.45, 7) is 4.75. The molecule has 0 saturated heterocycles. The maximum atomic E-state index is 4.38. The summed E-state index contributed by atoms with van der Waals surface area (Å²) in [4.78, 5) is 6.50. The van der Waals surface area contributed by atoms with Gasteiger partial charge in [-0.25, -0.2) is 0 Å². The van der Waals surface area contributed by atoms with Crippen molar-refractivity contribution in [3.05, 3.63) is 52.8 Å². The van der Waals surface area contributed by atoms with Gasteiger partial charge in [0.05, 0.1) is 0 Å². The van der Waals surface area contributed by atoms with Crippen LogP contribution in [0.25, 0.3) is 0 Å². The summed E-state index contributed by atoms with van der Waals surface area (Å²) in [6.07, 6.45) is 3.80. The number of hydrogen-bond donors (Lipinski definition) is 1. The van der Waals surface area contributed by atoms with E-state index < -0.39 is 0 Å². The van der Waals surface area contributed by atoms with Gasteiger partial charge in [-0.3, -0.25) is 9.67 Å². The van der Waals surface area contributed by atoms with E-state index in [1.165, 1.54) is 5.56 Å². The highest BCUT2D eigenvalue weighted by atomic mass is 127. The first-order valence-electron chi connectivity index (χ1n) is 7.72. The molecule has 2 aromatic rings. The predicted molar refractivity (Wildman–Crippen MR) is 114 cm³/mol. The number of aromatic nitrogens is 2. The van der Waals surface area contributed by atoms with Crippen molar-refractivity contribution >= 4 is 45.9 Å². The van der Waals surface area contributed by atoms with Crippen LogP contribution in [0.5, 0.6) is 0 Å². The van der Waals surface area contributed by atoms with E-state index in [4.69, 9.17) is 0 Å². The summed E-state index contributed by atoms with van der Waals surface area (Å²) >= 11 is 3.59. The van der Waals surface area contributed by atoms with Gasteiger partial charge in [0.25, 0.3) is 0 Å². The number of halogens is 2. The molecule has 1 unspecified atom stereocenters. The standard InChI is InChI=1S/C17H24BrN5.HI/c1-14(12-23-10-6-9-21-23)11-20-17(19-2)22(3)13-15-7-4-5-8-16(15)18;/h4-10,14H,11-13H2,1-3H3,(H,19,20);1H. The molecule has 132 valence electrons. The Bertz CT molecular complexity index is 630. The fraction of sp³-hybridized carbons (Fsp3) is 0.412. The normalized spacial score (nSPS) is 12.4. The molecule has 0 saturated carbocycles. The molecule has 0 spiro atoms. The van der Waals surface area contributed by atoms with E-state index >= 15 is 0 Å². The summed E-state index contributed by atoms with van der Waals surface area (Å²) in [6, 6.07) is 10.2. The third kappa shape index (κ3) is 6.43. The molecule has 0 aliphatic rings. The minimum Gasteiger partial charge on any atom is -0.356 e. The molecule has 1 aromatic carbocycles. The first-order valence-corrected chi connectivity index (χ1v) is 8.52. The fourth-order valence-electron chi connectivity index (χ4n) is 2.40. The highest BCUT2D eigenvalue weighted by Gasteiger charge is 2.10. The van der Waals surface area contributed by atoms with Crippen LogP contribution in [-0.2, 0) is 13.1 Å². The van der Waals surface area contributed by atoms with Crippen molar-refractivity contribution in [1.82, 2.24) is 20.0 Å². The Morgan fingerprint density at radius 3 is 2.75 bits per heavy atom. The van der Waals surface area contributed by atoms with E-state index in [1.54, 1.807) is 0 Å². The van der Waals surface area contributed by atoms with Gasteiger partial charge in [0.1, 0.15) is 0 Å². The molecule has 0 bridgehead atoms. The molecule has 7 heteroatoms. The van der Waals surface area contributed by atoms with Crippen LogP contribution in [0.15, 0.2) is 52.2 Å². The van der Waals surface area contributed by atoms with Gasteiger partial charge in [-0.15, -0.1) is 24.0 Å². The van der Waals surface area contributed by atoms with Gasteiger partial charge in [0.2, 0.25) is 0 Å². The van der Waals surface area contributed by atoms with E-state index in [0.29, 0.717) is 5.92 Å². The average molecular weight is 506 g/mol. The smallest absolute Gasteiger partial charge is 0.193 e. The molecule has 0 fully saturated rings. The van der Waals surface area contributed by atoms with E-state index in [-0.39, 0.29) is 24.0 Å². The van der Waals surface area contributed by atoms with E-state index in [9.17, 15) is 0 Å². The zero-order valence-electron chi connectivity index (χ0n) is 14.3. The molecule has 2 rings (SSSR count). The monoisotopic (exact) mass is 505 g/mol. The summed E-state index contributed by atoms with van der Waals surface area (Å²) in [5.74, 6) is 1.36. The lowest BCUT2D eigenvalue weighted by molar-refractivity contribution is 0.423.